The van der Waals surface area contributed by atoms with E-state index in [1.807, 2.05) is 0 Å². The smallest absolute Gasteiger partial charge is 0.311 e. The van der Waals surface area contributed by atoms with Crippen LogP contribution in [0.1, 0.15) is 48.0 Å². The molecule has 3 N–H and O–H groups in total. The Morgan fingerprint density at radius 3 is 2.48 bits per heavy atom. The summed E-state index contributed by atoms with van der Waals surface area (Å²) in [5.74, 6) is -0.991. The van der Waals surface area contributed by atoms with E-state index in [1.165, 1.54) is 12.1 Å². The molecule has 21 heavy (non-hydrogen) atoms. The molecule has 0 radical (unpaired) electrons. The summed E-state index contributed by atoms with van der Waals surface area (Å²) in [5.41, 5.74) is 0.217. The number of phenolic OH excluding ortho intramolecular Hbond substituents is 1. The predicted octanol–water partition coefficient (Wildman–Crippen LogP) is 2.47. The van der Waals surface area contributed by atoms with Crippen molar-refractivity contribution in [2.45, 2.75) is 39.0 Å². The minimum atomic E-state index is -0.833. The van der Waals surface area contributed by atoms with Gasteiger partial charge in [0.25, 0.3) is 5.91 Å². The summed E-state index contributed by atoms with van der Waals surface area (Å²) in [4.78, 5) is 23.7. The monoisotopic (exact) mass is 291 g/mol. The Balaban J connectivity index is 2.05. The Morgan fingerprint density at radius 1 is 1.24 bits per heavy atom. The first-order chi connectivity index (χ1) is 9.94. The molecule has 1 aliphatic rings. The van der Waals surface area contributed by atoms with E-state index in [4.69, 9.17) is 0 Å². The molecule has 1 aromatic rings. The third-order valence-electron chi connectivity index (χ3n) is 4.31. The molecule has 0 aliphatic heterocycles. The summed E-state index contributed by atoms with van der Waals surface area (Å²) >= 11 is 0. The van der Waals surface area contributed by atoms with Crippen LogP contribution in [0.25, 0.3) is 0 Å². The van der Waals surface area contributed by atoms with Gasteiger partial charge in [0.2, 0.25) is 0 Å². The molecule has 0 atom stereocenters. The van der Waals surface area contributed by atoms with Gasteiger partial charge in [0.1, 0.15) is 5.75 Å². The number of hydrogen-bond acceptors (Lipinski definition) is 3. The molecule has 1 saturated carbocycles. The number of carbonyl (C=O) groups excluding carboxylic acids is 1. The number of carboxylic acids is 1. The molecule has 0 bridgehead atoms. The molecular formula is C16H21NO4. The molecule has 5 heteroatoms. The molecule has 0 saturated heterocycles. The summed E-state index contributed by atoms with van der Waals surface area (Å²) in [6.45, 7) is 1.87. The van der Waals surface area contributed by atoms with Crippen LogP contribution in [0.3, 0.4) is 0 Å². The van der Waals surface area contributed by atoms with Crippen LogP contribution in [0, 0.1) is 12.3 Å². The zero-order chi connectivity index (χ0) is 15.5. The van der Waals surface area contributed by atoms with Crippen molar-refractivity contribution in [1.29, 1.82) is 0 Å². The highest BCUT2D eigenvalue weighted by molar-refractivity contribution is 5.95. The van der Waals surface area contributed by atoms with Crippen molar-refractivity contribution in [1.82, 2.24) is 5.32 Å². The second-order valence-corrected chi connectivity index (χ2v) is 5.83. The van der Waals surface area contributed by atoms with Gasteiger partial charge in [0.15, 0.2) is 0 Å². The van der Waals surface area contributed by atoms with E-state index in [2.05, 4.69) is 5.32 Å². The number of phenols is 1. The normalized spacial score (nSPS) is 17.2. The van der Waals surface area contributed by atoms with E-state index < -0.39 is 11.4 Å². The SMILES string of the molecule is Cc1cc(C(=O)NCC2(C(=O)O)CCCCC2)ccc1O. The number of amides is 1. The van der Waals surface area contributed by atoms with Crippen LogP contribution < -0.4 is 5.32 Å². The number of carbonyl (C=O) groups is 2. The van der Waals surface area contributed by atoms with Gasteiger partial charge in [-0.1, -0.05) is 19.3 Å². The van der Waals surface area contributed by atoms with Gasteiger partial charge >= 0.3 is 5.97 Å². The standard InChI is InChI=1S/C16H21NO4/c1-11-9-12(5-6-13(11)18)14(19)17-10-16(15(20)21)7-3-2-4-8-16/h5-6,9,18H,2-4,7-8,10H2,1H3,(H,17,19)(H,20,21). The van der Waals surface area contributed by atoms with E-state index in [1.54, 1.807) is 13.0 Å². The molecule has 0 aromatic heterocycles. The number of rotatable bonds is 4. The van der Waals surface area contributed by atoms with Crippen LogP contribution in [0.4, 0.5) is 0 Å². The van der Waals surface area contributed by atoms with Crippen LogP contribution in [0.5, 0.6) is 5.75 Å². The summed E-state index contributed by atoms with van der Waals surface area (Å²) < 4.78 is 0. The Hall–Kier alpha value is -2.04. The fraction of sp³-hybridized carbons (Fsp3) is 0.500. The van der Waals surface area contributed by atoms with Crippen LogP contribution >= 0.6 is 0 Å². The first kappa shape index (κ1) is 15.4. The quantitative estimate of drug-likeness (QED) is 0.795. The van der Waals surface area contributed by atoms with E-state index >= 15 is 0 Å². The number of aryl methyl sites for hydroxylation is 1. The lowest BCUT2D eigenvalue weighted by Gasteiger charge is -2.33. The highest BCUT2D eigenvalue weighted by Gasteiger charge is 2.39. The van der Waals surface area contributed by atoms with Crippen molar-refractivity contribution in [2.75, 3.05) is 6.54 Å². The van der Waals surface area contributed by atoms with Crippen molar-refractivity contribution in [2.24, 2.45) is 5.41 Å². The summed E-state index contributed by atoms with van der Waals surface area (Å²) in [7, 11) is 0. The van der Waals surface area contributed by atoms with Crippen molar-refractivity contribution < 1.29 is 19.8 Å². The summed E-state index contributed by atoms with van der Waals surface area (Å²) in [6, 6.07) is 4.60. The maximum absolute atomic E-state index is 12.1. The molecule has 0 heterocycles. The molecule has 5 nitrogen and oxygen atoms in total. The molecule has 1 amide bonds. The largest absolute Gasteiger partial charge is 0.508 e. The highest BCUT2D eigenvalue weighted by Crippen LogP contribution is 2.36. The Labute approximate surface area is 124 Å². The van der Waals surface area contributed by atoms with Gasteiger partial charge < -0.3 is 15.5 Å². The maximum Gasteiger partial charge on any atom is 0.311 e. The van der Waals surface area contributed by atoms with Crippen LogP contribution in [0.15, 0.2) is 18.2 Å². The maximum atomic E-state index is 12.1. The third-order valence-corrected chi connectivity index (χ3v) is 4.31. The van der Waals surface area contributed by atoms with Gasteiger partial charge in [-0.2, -0.15) is 0 Å². The minimum Gasteiger partial charge on any atom is -0.508 e. The molecule has 1 aliphatic carbocycles. The summed E-state index contributed by atoms with van der Waals surface area (Å²) in [5, 5.41) is 21.7. The molecular weight excluding hydrogens is 270 g/mol. The minimum absolute atomic E-state index is 0.140. The predicted molar refractivity (Wildman–Crippen MR) is 78.3 cm³/mol. The van der Waals surface area contributed by atoms with Gasteiger partial charge in [-0.3, -0.25) is 9.59 Å². The lowest BCUT2D eigenvalue weighted by atomic mass is 9.74. The number of benzene rings is 1. The van der Waals surface area contributed by atoms with Crippen molar-refractivity contribution in [3.8, 4) is 5.75 Å². The number of hydrogen-bond donors (Lipinski definition) is 3. The van der Waals surface area contributed by atoms with Crippen LogP contribution in [-0.4, -0.2) is 28.6 Å². The van der Waals surface area contributed by atoms with Gasteiger partial charge in [-0.05, 0) is 43.5 Å². The van der Waals surface area contributed by atoms with Gasteiger partial charge in [0.05, 0.1) is 5.41 Å². The molecule has 0 spiro atoms. The average molecular weight is 291 g/mol. The van der Waals surface area contributed by atoms with Crippen molar-refractivity contribution >= 4 is 11.9 Å². The lowest BCUT2D eigenvalue weighted by molar-refractivity contribution is -0.150. The van der Waals surface area contributed by atoms with Crippen molar-refractivity contribution in [3.63, 3.8) is 0 Å². The number of carboxylic acid groups (broad SMARTS) is 1. The van der Waals surface area contributed by atoms with Crippen LogP contribution in [-0.2, 0) is 4.79 Å². The number of aliphatic carboxylic acids is 1. The zero-order valence-electron chi connectivity index (χ0n) is 12.2. The van der Waals surface area contributed by atoms with E-state index in [0.717, 1.165) is 19.3 Å². The van der Waals surface area contributed by atoms with Crippen LogP contribution in [0.2, 0.25) is 0 Å². The van der Waals surface area contributed by atoms with E-state index in [9.17, 15) is 19.8 Å². The third kappa shape index (κ3) is 3.35. The first-order valence-electron chi connectivity index (χ1n) is 7.26. The van der Waals surface area contributed by atoms with Gasteiger partial charge in [-0.25, -0.2) is 0 Å². The summed E-state index contributed by atoms with van der Waals surface area (Å²) in [6.07, 6.45) is 4.05. The van der Waals surface area contributed by atoms with Gasteiger partial charge in [0, 0.05) is 12.1 Å². The Bertz CT molecular complexity index is 547. The topological polar surface area (TPSA) is 86.6 Å². The second-order valence-electron chi connectivity index (χ2n) is 5.83. The molecule has 114 valence electrons. The fourth-order valence-corrected chi connectivity index (χ4v) is 2.84. The first-order valence-corrected chi connectivity index (χ1v) is 7.26. The molecule has 1 fully saturated rings. The average Bonchev–Trinajstić information content (AvgIpc) is 2.48. The molecule has 2 rings (SSSR count). The highest BCUT2D eigenvalue weighted by atomic mass is 16.4. The zero-order valence-corrected chi connectivity index (χ0v) is 12.2. The number of aromatic hydroxyl groups is 1. The second kappa shape index (κ2) is 6.16. The van der Waals surface area contributed by atoms with E-state index in [0.29, 0.717) is 24.0 Å². The molecule has 1 aromatic carbocycles. The fourth-order valence-electron chi connectivity index (χ4n) is 2.84. The van der Waals surface area contributed by atoms with Crippen molar-refractivity contribution in [3.05, 3.63) is 29.3 Å². The Morgan fingerprint density at radius 2 is 1.90 bits per heavy atom. The Kier molecular flexibility index (Phi) is 4.50. The van der Waals surface area contributed by atoms with Gasteiger partial charge in [-0.15, -0.1) is 0 Å². The number of nitrogens with one attached hydrogen (secondary N) is 1. The van der Waals surface area contributed by atoms with E-state index in [-0.39, 0.29) is 18.2 Å². The molecule has 0 unspecified atom stereocenters. The lowest BCUT2D eigenvalue weighted by Crippen LogP contribution is -2.44.